The number of esters is 6. The second kappa shape index (κ2) is 15.3. The molecule has 0 saturated heterocycles. The Balaban J connectivity index is 2.41. The molecule has 0 spiro atoms. The minimum absolute atomic E-state index is 0.121. The smallest absolute Gasteiger partial charge is 0.340 e. The number of aromatic nitrogens is 1. The molecule has 14 nitrogen and oxygen atoms in total. The third kappa shape index (κ3) is 8.82. The van der Waals surface area contributed by atoms with Crippen LogP contribution in [0.2, 0.25) is 0 Å². The fourth-order valence-electron chi connectivity index (χ4n) is 6.80. The van der Waals surface area contributed by atoms with Crippen molar-refractivity contribution in [2.24, 2.45) is 17.3 Å². The Morgan fingerprint density at radius 3 is 1.96 bits per heavy atom. The van der Waals surface area contributed by atoms with Crippen molar-refractivity contribution in [3.05, 3.63) is 54.4 Å². The largest absolute Gasteiger partial charge is 0.458 e. The summed E-state index contributed by atoms with van der Waals surface area (Å²) < 4.78 is 34.9. The molecule has 14 heteroatoms. The number of allylic oxidation sites excluding steroid dienone is 1. The molecule has 1 fully saturated rings. The first-order valence-corrected chi connectivity index (χ1v) is 16.1. The van der Waals surface area contributed by atoms with Gasteiger partial charge in [-0.3, -0.25) is 33.8 Å². The maximum Gasteiger partial charge on any atom is 0.340 e. The standard InChI is InChI=1S/C36H45NO13/c1-19-13-14-34(8,9)28(48-33(44)26-12-11-15-37-17-26)16-27(45-21(3)38)20(2)30(46-22(4)39)29-32(47-23(5)40)35(10,49-24(6)41)18-36(29,31(19)43)50-25(7)42/h11-15,17,19,27-30,32H,2,16,18H2,1,3-10H3/t19-,27-,28-,29+,30+,32-,35-,36-/m0/s1. The van der Waals surface area contributed by atoms with Gasteiger partial charge in [-0.25, -0.2) is 4.79 Å². The number of ether oxygens (including phenoxy) is 6. The first-order chi connectivity index (χ1) is 23.1. The number of hydrogen-bond donors (Lipinski definition) is 0. The molecule has 2 aliphatic rings. The Kier molecular flexibility index (Phi) is 12.1. The van der Waals surface area contributed by atoms with Crippen LogP contribution in [-0.2, 0) is 57.2 Å². The average molecular weight is 700 g/mol. The molecule has 1 saturated carbocycles. The number of fused-ring (bicyclic) bond motifs is 1. The number of carbonyl (C=O) groups excluding carboxylic acids is 7. The highest BCUT2D eigenvalue weighted by atomic mass is 16.6. The minimum atomic E-state index is -2.25. The molecule has 1 aromatic rings. The predicted octanol–water partition coefficient (Wildman–Crippen LogP) is 3.79. The first-order valence-electron chi connectivity index (χ1n) is 16.1. The van der Waals surface area contributed by atoms with Crippen LogP contribution < -0.4 is 0 Å². The van der Waals surface area contributed by atoms with Crippen molar-refractivity contribution in [1.29, 1.82) is 0 Å². The molecule has 272 valence electrons. The normalized spacial score (nSPS) is 30.7. The summed E-state index contributed by atoms with van der Waals surface area (Å²) in [6.07, 6.45) is -0.387. The van der Waals surface area contributed by atoms with Crippen molar-refractivity contribution >= 4 is 41.6 Å². The lowest BCUT2D eigenvalue weighted by Crippen LogP contribution is -2.57. The lowest BCUT2D eigenvalue weighted by Gasteiger charge is -2.42. The number of ketones is 1. The Morgan fingerprint density at radius 1 is 0.840 bits per heavy atom. The van der Waals surface area contributed by atoms with E-state index in [4.69, 9.17) is 28.4 Å². The van der Waals surface area contributed by atoms with Gasteiger partial charge in [0.05, 0.1) is 11.5 Å². The monoisotopic (exact) mass is 699 g/mol. The Hall–Kier alpha value is -4.88. The van der Waals surface area contributed by atoms with Crippen molar-refractivity contribution in [2.75, 3.05) is 0 Å². The zero-order valence-electron chi connectivity index (χ0n) is 29.8. The average Bonchev–Trinajstić information content (AvgIpc) is 3.22. The van der Waals surface area contributed by atoms with Gasteiger partial charge in [0.15, 0.2) is 23.1 Å². The van der Waals surface area contributed by atoms with Crippen molar-refractivity contribution in [1.82, 2.24) is 4.98 Å². The summed E-state index contributed by atoms with van der Waals surface area (Å²) in [5, 5.41) is 0. The molecule has 8 atom stereocenters. The summed E-state index contributed by atoms with van der Waals surface area (Å²) in [6, 6.07) is 3.07. The van der Waals surface area contributed by atoms with E-state index in [-0.39, 0.29) is 17.6 Å². The van der Waals surface area contributed by atoms with Gasteiger partial charge in [-0.15, -0.1) is 0 Å². The molecule has 0 amide bonds. The van der Waals surface area contributed by atoms with Crippen molar-refractivity contribution in [3.63, 3.8) is 0 Å². The van der Waals surface area contributed by atoms with Gasteiger partial charge in [-0.1, -0.05) is 39.5 Å². The number of nitrogens with zero attached hydrogens (tertiary/aromatic N) is 1. The highest BCUT2D eigenvalue weighted by Gasteiger charge is 2.71. The van der Waals surface area contributed by atoms with Gasteiger partial charge in [0, 0.05) is 76.8 Å². The maximum atomic E-state index is 14.8. The predicted molar refractivity (Wildman–Crippen MR) is 174 cm³/mol. The summed E-state index contributed by atoms with van der Waals surface area (Å²) in [6.45, 7) is 16.0. The number of carbonyl (C=O) groups is 7. The summed E-state index contributed by atoms with van der Waals surface area (Å²) in [7, 11) is 0. The van der Waals surface area contributed by atoms with Crippen LogP contribution >= 0.6 is 0 Å². The highest BCUT2D eigenvalue weighted by molar-refractivity contribution is 5.94. The minimum Gasteiger partial charge on any atom is -0.458 e. The summed E-state index contributed by atoms with van der Waals surface area (Å²) in [5.41, 5.74) is -5.08. The van der Waals surface area contributed by atoms with Crippen LogP contribution in [0.25, 0.3) is 0 Å². The molecule has 0 unspecified atom stereocenters. The second-order valence-electron chi connectivity index (χ2n) is 13.5. The fraction of sp³-hybridized carbons (Fsp3) is 0.556. The number of Topliss-reactive ketones (excluding diaryl/α,β-unsaturated/α-hetero) is 1. The fourth-order valence-corrected chi connectivity index (χ4v) is 6.80. The molecule has 3 rings (SSSR count). The maximum absolute atomic E-state index is 14.8. The Bertz CT molecular complexity index is 1570. The Morgan fingerprint density at radius 2 is 1.44 bits per heavy atom. The van der Waals surface area contributed by atoms with Crippen LogP contribution in [0.1, 0.15) is 85.5 Å². The van der Waals surface area contributed by atoms with E-state index in [9.17, 15) is 33.6 Å². The molecule has 0 N–H and O–H groups in total. The molecule has 2 aliphatic carbocycles. The highest BCUT2D eigenvalue weighted by Crippen LogP contribution is 2.54. The van der Waals surface area contributed by atoms with E-state index in [1.54, 1.807) is 32.9 Å². The third-order valence-electron chi connectivity index (χ3n) is 8.83. The van der Waals surface area contributed by atoms with E-state index in [1.807, 2.05) is 0 Å². The summed E-state index contributed by atoms with van der Waals surface area (Å²) in [5.74, 6) is -8.29. The Labute approximate surface area is 290 Å². The SMILES string of the molecule is C=C1[C@@H](OC(C)=O)C[C@H](OC(=O)c2cccnc2)C(C)(C)C=C[C@H](C)C(=O)[C@]2(OC(C)=O)C[C@](C)(OC(C)=O)[C@@H](OC(C)=O)[C@H]2[C@@H]1OC(C)=O. The van der Waals surface area contributed by atoms with Gasteiger partial charge in [-0.05, 0) is 19.1 Å². The van der Waals surface area contributed by atoms with Crippen LogP contribution in [0.15, 0.2) is 48.8 Å². The van der Waals surface area contributed by atoms with Crippen molar-refractivity contribution < 1.29 is 62.0 Å². The van der Waals surface area contributed by atoms with E-state index >= 15 is 0 Å². The molecule has 1 aromatic heterocycles. The van der Waals surface area contributed by atoms with Gasteiger partial charge < -0.3 is 28.4 Å². The molecular formula is C36H45NO13. The summed E-state index contributed by atoms with van der Waals surface area (Å²) in [4.78, 5) is 95.5. The van der Waals surface area contributed by atoms with E-state index in [1.165, 1.54) is 31.5 Å². The third-order valence-corrected chi connectivity index (χ3v) is 8.83. The molecule has 50 heavy (non-hydrogen) atoms. The number of rotatable bonds is 7. The molecular weight excluding hydrogens is 654 g/mol. The first kappa shape index (κ1) is 39.6. The topological polar surface area (TPSA) is 188 Å². The zero-order chi connectivity index (χ0) is 37.8. The van der Waals surface area contributed by atoms with Gasteiger partial charge >= 0.3 is 35.8 Å². The van der Waals surface area contributed by atoms with Gasteiger partial charge in [0.1, 0.15) is 18.3 Å². The van der Waals surface area contributed by atoms with Crippen LogP contribution in [0, 0.1) is 17.3 Å². The van der Waals surface area contributed by atoms with E-state index in [0.29, 0.717) is 0 Å². The van der Waals surface area contributed by atoms with Crippen molar-refractivity contribution in [3.8, 4) is 0 Å². The van der Waals surface area contributed by atoms with Crippen molar-refractivity contribution in [2.45, 2.75) is 111 Å². The lowest BCUT2D eigenvalue weighted by atomic mass is 9.72. The van der Waals surface area contributed by atoms with Gasteiger partial charge in [-0.2, -0.15) is 0 Å². The number of hydrogen-bond acceptors (Lipinski definition) is 14. The molecule has 1 heterocycles. The second-order valence-corrected chi connectivity index (χ2v) is 13.5. The molecule has 0 aromatic carbocycles. The van der Waals surface area contributed by atoms with Gasteiger partial charge in [0.25, 0.3) is 0 Å². The molecule has 0 radical (unpaired) electrons. The van der Waals surface area contributed by atoms with Crippen LogP contribution in [0.5, 0.6) is 0 Å². The van der Waals surface area contributed by atoms with Crippen LogP contribution in [-0.4, -0.2) is 82.2 Å². The number of pyridine rings is 1. The zero-order valence-corrected chi connectivity index (χ0v) is 29.8. The molecule has 0 aliphatic heterocycles. The van der Waals surface area contributed by atoms with Gasteiger partial charge in [0.2, 0.25) is 0 Å². The van der Waals surface area contributed by atoms with E-state index in [2.05, 4.69) is 11.6 Å². The molecule has 0 bridgehead atoms. The summed E-state index contributed by atoms with van der Waals surface area (Å²) >= 11 is 0. The van der Waals surface area contributed by atoms with Crippen LogP contribution in [0.4, 0.5) is 0 Å². The van der Waals surface area contributed by atoms with Crippen LogP contribution in [0.3, 0.4) is 0 Å². The lowest BCUT2D eigenvalue weighted by molar-refractivity contribution is -0.190. The quantitative estimate of drug-likeness (QED) is 0.227. The van der Waals surface area contributed by atoms with E-state index < -0.39 is 101 Å². The van der Waals surface area contributed by atoms with E-state index in [0.717, 1.165) is 34.6 Å².